The van der Waals surface area contributed by atoms with E-state index < -0.39 is 0 Å². The number of hydrogen-bond acceptors (Lipinski definition) is 3. The van der Waals surface area contributed by atoms with Crippen LogP contribution >= 0.6 is 24.0 Å². The fourth-order valence-corrected chi connectivity index (χ4v) is 3.72. The number of carbonyl (C=O) groups is 2. The Bertz CT molecular complexity index is 494. The van der Waals surface area contributed by atoms with E-state index in [-0.39, 0.29) is 41.8 Å². The Hall–Kier alpha value is -1.06. The predicted octanol–water partition coefficient (Wildman–Crippen LogP) is 1.87. The topological polar surface area (TPSA) is 85.8 Å². The van der Waals surface area contributed by atoms with Crippen LogP contribution in [0.2, 0.25) is 0 Å². The van der Waals surface area contributed by atoms with Gasteiger partial charge in [-0.25, -0.2) is 0 Å². The van der Waals surface area contributed by atoms with Crippen molar-refractivity contribution in [2.24, 2.45) is 10.9 Å². The van der Waals surface area contributed by atoms with Gasteiger partial charge in [-0.05, 0) is 25.7 Å². The molecular weight excluding hydrogens is 457 g/mol. The number of rotatable bonds is 7. The minimum atomic E-state index is 0. The molecule has 0 bridgehead atoms. The van der Waals surface area contributed by atoms with Crippen LogP contribution in [0.25, 0.3) is 0 Å². The Morgan fingerprint density at radius 1 is 1.07 bits per heavy atom. The minimum Gasteiger partial charge on any atom is -0.356 e. The largest absolute Gasteiger partial charge is 0.356 e. The summed E-state index contributed by atoms with van der Waals surface area (Å²) in [6.45, 7) is 4.87. The molecule has 8 heteroatoms. The monoisotopic (exact) mass is 493 g/mol. The van der Waals surface area contributed by atoms with Crippen molar-refractivity contribution in [3.8, 4) is 0 Å². The van der Waals surface area contributed by atoms with Gasteiger partial charge in [0.2, 0.25) is 11.8 Å². The summed E-state index contributed by atoms with van der Waals surface area (Å²) in [6.07, 6.45) is 8.07. The van der Waals surface area contributed by atoms with Gasteiger partial charge in [0, 0.05) is 51.6 Å². The van der Waals surface area contributed by atoms with Crippen LogP contribution in [-0.2, 0) is 9.59 Å². The van der Waals surface area contributed by atoms with Gasteiger partial charge in [0.05, 0.1) is 0 Å². The zero-order chi connectivity index (χ0) is 18.8. The quantitative estimate of drug-likeness (QED) is 0.287. The Morgan fingerprint density at radius 3 is 2.48 bits per heavy atom. The first-order chi connectivity index (χ1) is 12.6. The highest BCUT2D eigenvalue weighted by Crippen LogP contribution is 2.26. The second-order valence-electron chi connectivity index (χ2n) is 7.35. The molecule has 1 heterocycles. The molecule has 2 amide bonds. The van der Waals surface area contributed by atoms with Crippen molar-refractivity contribution in [2.45, 2.75) is 64.3 Å². The summed E-state index contributed by atoms with van der Waals surface area (Å²) in [6, 6.07) is 0.225. The second kappa shape index (κ2) is 13.2. The Balaban J connectivity index is 0.00000364. The molecule has 1 saturated carbocycles. The van der Waals surface area contributed by atoms with Gasteiger partial charge in [-0.3, -0.25) is 14.6 Å². The van der Waals surface area contributed by atoms with Crippen LogP contribution in [0.1, 0.15) is 58.3 Å². The van der Waals surface area contributed by atoms with Crippen molar-refractivity contribution in [3.05, 3.63) is 0 Å². The first kappa shape index (κ1) is 24.0. The average Bonchev–Trinajstić information content (AvgIpc) is 3.14. The molecule has 0 radical (unpaired) electrons. The summed E-state index contributed by atoms with van der Waals surface area (Å²) in [5, 5.41) is 9.43. The fourth-order valence-electron chi connectivity index (χ4n) is 3.72. The Morgan fingerprint density at radius 2 is 1.81 bits per heavy atom. The van der Waals surface area contributed by atoms with E-state index in [2.05, 4.69) is 20.9 Å². The molecule has 156 valence electrons. The van der Waals surface area contributed by atoms with Gasteiger partial charge in [0.25, 0.3) is 0 Å². The summed E-state index contributed by atoms with van der Waals surface area (Å²) >= 11 is 0. The van der Waals surface area contributed by atoms with Crippen LogP contribution in [0.3, 0.4) is 0 Å². The predicted molar refractivity (Wildman–Crippen MR) is 119 cm³/mol. The van der Waals surface area contributed by atoms with E-state index in [4.69, 9.17) is 0 Å². The van der Waals surface area contributed by atoms with Gasteiger partial charge in [0.15, 0.2) is 5.96 Å². The molecule has 2 aliphatic rings. The van der Waals surface area contributed by atoms with Crippen molar-refractivity contribution in [1.82, 2.24) is 20.9 Å². The summed E-state index contributed by atoms with van der Waals surface area (Å²) in [4.78, 5) is 30.5. The van der Waals surface area contributed by atoms with Crippen LogP contribution in [-0.4, -0.2) is 61.9 Å². The van der Waals surface area contributed by atoms with Gasteiger partial charge in [-0.2, -0.15) is 0 Å². The van der Waals surface area contributed by atoms with Crippen molar-refractivity contribution in [1.29, 1.82) is 0 Å². The maximum absolute atomic E-state index is 12.6. The lowest BCUT2D eigenvalue weighted by molar-refractivity contribution is -0.135. The molecular formula is C19H36IN5O2. The zero-order valence-corrected chi connectivity index (χ0v) is 19.1. The van der Waals surface area contributed by atoms with E-state index in [0.29, 0.717) is 24.8 Å². The van der Waals surface area contributed by atoms with E-state index in [0.717, 1.165) is 45.3 Å². The number of amides is 2. The van der Waals surface area contributed by atoms with Gasteiger partial charge < -0.3 is 20.9 Å². The molecule has 1 saturated heterocycles. The second-order valence-corrected chi connectivity index (χ2v) is 7.35. The average molecular weight is 493 g/mol. The van der Waals surface area contributed by atoms with Crippen LogP contribution in [0.4, 0.5) is 0 Å². The zero-order valence-electron chi connectivity index (χ0n) is 16.8. The summed E-state index contributed by atoms with van der Waals surface area (Å²) in [7, 11) is 1.73. The first-order valence-corrected chi connectivity index (χ1v) is 10.2. The van der Waals surface area contributed by atoms with Crippen molar-refractivity contribution >= 4 is 41.8 Å². The SMILES string of the molecule is CCCNC(=O)CCNC(=NC)NC1CCN(C(=O)C2CCCCC2)C1.I. The maximum atomic E-state index is 12.6. The van der Waals surface area contributed by atoms with Crippen LogP contribution < -0.4 is 16.0 Å². The van der Waals surface area contributed by atoms with Gasteiger partial charge in [-0.15, -0.1) is 24.0 Å². The van der Waals surface area contributed by atoms with Gasteiger partial charge in [-0.1, -0.05) is 26.2 Å². The molecule has 0 aromatic carbocycles. The van der Waals surface area contributed by atoms with E-state index >= 15 is 0 Å². The molecule has 2 fully saturated rings. The Labute approximate surface area is 180 Å². The van der Waals surface area contributed by atoms with Crippen LogP contribution in [0.15, 0.2) is 4.99 Å². The van der Waals surface area contributed by atoms with E-state index in [1.54, 1.807) is 7.05 Å². The molecule has 1 aliphatic carbocycles. The van der Waals surface area contributed by atoms with Crippen molar-refractivity contribution in [2.75, 3.05) is 33.2 Å². The number of likely N-dealkylation sites (tertiary alicyclic amines) is 1. The number of hydrogen-bond donors (Lipinski definition) is 3. The maximum Gasteiger partial charge on any atom is 0.225 e. The minimum absolute atomic E-state index is 0. The molecule has 3 N–H and O–H groups in total. The van der Waals surface area contributed by atoms with E-state index in [9.17, 15) is 9.59 Å². The lowest BCUT2D eigenvalue weighted by Crippen LogP contribution is -2.46. The lowest BCUT2D eigenvalue weighted by atomic mass is 9.88. The highest BCUT2D eigenvalue weighted by Gasteiger charge is 2.31. The molecule has 27 heavy (non-hydrogen) atoms. The summed E-state index contributed by atoms with van der Waals surface area (Å²) in [5.41, 5.74) is 0. The lowest BCUT2D eigenvalue weighted by Gasteiger charge is -2.26. The van der Waals surface area contributed by atoms with Gasteiger partial charge in [0.1, 0.15) is 0 Å². The van der Waals surface area contributed by atoms with Crippen LogP contribution in [0, 0.1) is 5.92 Å². The third-order valence-corrected chi connectivity index (χ3v) is 5.24. The molecule has 0 aromatic heterocycles. The number of nitrogens with one attached hydrogen (secondary N) is 3. The van der Waals surface area contributed by atoms with Crippen molar-refractivity contribution < 1.29 is 9.59 Å². The van der Waals surface area contributed by atoms with Gasteiger partial charge >= 0.3 is 0 Å². The highest BCUT2D eigenvalue weighted by molar-refractivity contribution is 14.0. The number of carbonyl (C=O) groups excluding carboxylic acids is 2. The number of aliphatic imine (C=N–C) groups is 1. The first-order valence-electron chi connectivity index (χ1n) is 10.2. The van der Waals surface area contributed by atoms with Crippen LogP contribution in [0.5, 0.6) is 0 Å². The molecule has 0 spiro atoms. The third kappa shape index (κ3) is 8.23. The molecule has 7 nitrogen and oxygen atoms in total. The molecule has 1 unspecified atom stereocenters. The third-order valence-electron chi connectivity index (χ3n) is 5.24. The summed E-state index contributed by atoms with van der Waals surface area (Å²) < 4.78 is 0. The summed E-state index contributed by atoms with van der Waals surface area (Å²) in [5.74, 6) is 1.33. The Kier molecular flexibility index (Phi) is 11.7. The number of guanidine groups is 1. The molecule has 1 aliphatic heterocycles. The van der Waals surface area contributed by atoms with E-state index in [1.807, 2.05) is 11.8 Å². The van der Waals surface area contributed by atoms with E-state index in [1.165, 1.54) is 19.3 Å². The smallest absolute Gasteiger partial charge is 0.225 e. The normalized spacial score (nSPS) is 20.7. The number of nitrogens with zero attached hydrogens (tertiary/aromatic N) is 2. The molecule has 1 atom stereocenters. The molecule has 0 aromatic rings. The van der Waals surface area contributed by atoms with Crippen molar-refractivity contribution in [3.63, 3.8) is 0 Å². The highest BCUT2D eigenvalue weighted by atomic mass is 127. The standard InChI is InChI=1S/C19H35N5O2.HI/c1-3-11-21-17(25)9-12-22-19(20-2)23-16-10-13-24(14-16)18(26)15-7-5-4-6-8-15;/h15-16H,3-14H2,1-2H3,(H,21,25)(H2,20,22,23);1H. The molecule has 2 rings (SSSR count). The number of halogens is 1. The fraction of sp³-hybridized carbons (Fsp3) is 0.842.